The summed E-state index contributed by atoms with van der Waals surface area (Å²) in [7, 11) is -3.64. The molecule has 3 heterocycles. The van der Waals surface area contributed by atoms with Crippen LogP contribution < -0.4 is 9.62 Å². The zero-order valence-electron chi connectivity index (χ0n) is 21.6. The Bertz CT molecular complexity index is 1550. The van der Waals surface area contributed by atoms with Gasteiger partial charge in [-0.15, -0.1) is 0 Å². The number of carbonyl (C=O) groups excluding carboxylic acids is 2. The van der Waals surface area contributed by atoms with Gasteiger partial charge in [-0.3, -0.25) is 4.79 Å². The fourth-order valence-corrected chi connectivity index (χ4v) is 6.92. The predicted octanol–water partition coefficient (Wildman–Crippen LogP) is 5.57. The summed E-state index contributed by atoms with van der Waals surface area (Å²) >= 11 is 12.9. The number of nitrogens with one attached hydrogen (secondary N) is 1. The first-order valence-electron chi connectivity index (χ1n) is 13.1. The number of anilines is 1. The summed E-state index contributed by atoms with van der Waals surface area (Å²) in [6.07, 6.45) is 5.72. The van der Waals surface area contributed by atoms with Crippen LogP contribution >= 0.6 is 23.2 Å². The molecule has 2 aliphatic heterocycles. The zero-order valence-corrected chi connectivity index (χ0v) is 23.9. The quantitative estimate of drug-likeness (QED) is 0.348. The molecule has 2 unspecified atom stereocenters. The monoisotopic (exact) mass is 603 g/mol. The first-order chi connectivity index (χ1) is 19.1. The molecular weight excluding hydrogens is 577 g/mol. The van der Waals surface area contributed by atoms with E-state index >= 15 is 0 Å². The van der Waals surface area contributed by atoms with Crippen molar-refractivity contribution in [2.24, 2.45) is 0 Å². The lowest BCUT2D eigenvalue weighted by molar-refractivity contribution is 0.0202. The van der Waals surface area contributed by atoms with Gasteiger partial charge < -0.3 is 14.2 Å². The van der Waals surface area contributed by atoms with Crippen LogP contribution in [0.15, 0.2) is 47.0 Å². The lowest BCUT2D eigenvalue weighted by Gasteiger charge is -2.40. The van der Waals surface area contributed by atoms with Crippen LogP contribution in [-0.2, 0) is 14.8 Å². The van der Waals surface area contributed by atoms with Crippen molar-refractivity contribution in [1.82, 2.24) is 9.88 Å². The van der Waals surface area contributed by atoms with Gasteiger partial charge in [0.15, 0.2) is 5.76 Å². The first kappa shape index (κ1) is 27.1. The summed E-state index contributed by atoms with van der Waals surface area (Å²) in [6, 6.07) is 12.3. The van der Waals surface area contributed by atoms with Crippen LogP contribution in [-0.4, -0.2) is 49.9 Å². The topological polar surface area (TPSA) is 119 Å². The van der Waals surface area contributed by atoms with E-state index in [4.69, 9.17) is 32.5 Å². The summed E-state index contributed by atoms with van der Waals surface area (Å²) in [5.74, 6) is -0.491. The van der Waals surface area contributed by atoms with E-state index < -0.39 is 21.9 Å². The smallest absolute Gasteiger partial charge is 0.344 e. The fraction of sp³-hybridized carbons (Fsp3) is 0.393. The Morgan fingerprint density at radius 1 is 1.00 bits per heavy atom. The van der Waals surface area contributed by atoms with Crippen LogP contribution in [0.5, 0.6) is 0 Å². The fourth-order valence-electron chi connectivity index (χ4n) is 5.89. The summed E-state index contributed by atoms with van der Waals surface area (Å²) < 4.78 is 36.5. The lowest BCUT2D eigenvalue weighted by Crippen LogP contribution is -2.46. The van der Waals surface area contributed by atoms with E-state index in [0.29, 0.717) is 45.5 Å². The zero-order chi connectivity index (χ0) is 28.2. The number of ether oxygens (including phenoxy) is 1. The number of carbonyl (C=O) groups is 2. The molecule has 1 aromatic heterocycles. The molecule has 9 nitrogen and oxygen atoms in total. The number of fused-ring (bicyclic) bond motifs is 2. The molecule has 1 N–H and O–H groups in total. The van der Waals surface area contributed by atoms with Crippen molar-refractivity contribution in [3.63, 3.8) is 0 Å². The van der Waals surface area contributed by atoms with Crippen LogP contribution in [0, 0.1) is 0 Å². The molecule has 1 amide bonds. The highest BCUT2D eigenvalue weighted by molar-refractivity contribution is 7.89. The number of amides is 1. The Balaban J connectivity index is 1.19. The van der Waals surface area contributed by atoms with Gasteiger partial charge in [-0.25, -0.2) is 17.9 Å². The minimum absolute atomic E-state index is 0.130. The van der Waals surface area contributed by atoms with Gasteiger partial charge in [0.1, 0.15) is 17.4 Å². The van der Waals surface area contributed by atoms with Gasteiger partial charge in [-0.1, -0.05) is 34.4 Å². The summed E-state index contributed by atoms with van der Waals surface area (Å²) in [5.41, 5.74) is 2.27. The number of halogens is 2. The Morgan fingerprint density at radius 2 is 1.62 bits per heavy atom. The number of esters is 1. The molecule has 1 saturated carbocycles. The van der Waals surface area contributed by atoms with E-state index in [1.807, 2.05) is 16.9 Å². The summed E-state index contributed by atoms with van der Waals surface area (Å²) in [6.45, 7) is 0. The maximum Gasteiger partial charge on any atom is 0.344 e. The number of rotatable bonds is 7. The second-order valence-corrected chi connectivity index (χ2v) is 13.2. The van der Waals surface area contributed by atoms with E-state index in [1.54, 1.807) is 30.3 Å². The maximum atomic E-state index is 13.6. The second-order valence-electron chi connectivity index (χ2n) is 10.7. The van der Waals surface area contributed by atoms with Gasteiger partial charge in [-0.05, 0) is 62.1 Å². The molecule has 12 heteroatoms. The molecule has 2 atom stereocenters. The summed E-state index contributed by atoms with van der Waals surface area (Å²) in [5, 5.41) is 4.96. The number of piperidine rings is 1. The number of sulfonamides is 1. The first-order valence-corrected chi connectivity index (χ1v) is 15.8. The van der Waals surface area contributed by atoms with Crippen molar-refractivity contribution in [3.8, 4) is 11.3 Å². The molecular formula is C28H27Cl2N3O6S. The van der Waals surface area contributed by atoms with Crippen LogP contribution in [0.3, 0.4) is 0 Å². The molecule has 2 saturated heterocycles. The van der Waals surface area contributed by atoms with Crippen LogP contribution in [0.25, 0.3) is 11.3 Å². The molecule has 210 valence electrons. The van der Waals surface area contributed by atoms with Crippen molar-refractivity contribution in [1.29, 1.82) is 0 Å². The van der Waals surface area contributed by atoms with Gasteiger partial charge in [0.25, 0.3) is 5.91 Å². The lowest BCUT2D eigenvalue weighted by atomic mass is 9.98. The van der Waals surface area contributed by atoms with E-state index in [1.165, 1.54) is 0 Å². The van der Waals surface area contributed by atoms with Gasteiger partial charge in [0, 0.05) is 47.7 Å². The van der Waals surface area contributed by atoms with Crippen molar-refractivity contribution >= 4 is 50.8 Å². The Labute approximate surface area is 241 Å². The average Bonchev–Trinajstić information content (AvgIpc) is 3.58. The highest BCUT2D eigenvalue weighted by Crippen LogP contribution is 2.47. The SMILES string of the molecule is CS(=O)(=O)NC(=O)c1ccc(N2C3CCC2CC(OC(=O)c2c(-c4c(Cl)cccc4Cl)noc2C2CC2)C3)cc1. The maximum absolute atomic E-state index is 13.6. The van der Waals surface area contributed by atoms with Gasteiger partial charge in [0.05, 0.1) is 16.3 Å². The van der Waals surface area contributed by atoms with E-state index in [9.17, 15) is 18.0 Å². The minimum Gasteiger partial charge on any atom is -0.458 e. The standard InChI is InChI=1S/C28H27Cl2N3O6S/c1-40(36,37)32-27(34)16-7-9-17(10-8-16)33-18-11-12-19(33)14-20(13-18)38-28(35)24-25(31-39-26(24)15-5-6-15)23-21(29)3-2-4-22(23)30/h2-4,7-10,15,18-20H,5-6,11-14H2,1H3,(H,32,34). The highest BCUT2D eigenvalue weighted by atomic mass is 35.5. The summed E-state index contributed by atoms with van der Waals surface area (Å²) in [4.78, 5) is 28.1. The molecule has 3 aliphatic rings. The van der Waals surface area contributed by atoms with Crippen molar-refractivity contribution in [2.75, 3.05) is 11.2 Å². The second kappa shape index (κ2) is 10.4. The normalized spacial score (nSPS) is 22.3. The number of nitrogens with zero attached hydrogens (tertiary/aromatic N) is 2. The number of hydrogen-bond acceptors (Lipinski definition) is 8. The molecule has 2 aromatic carbocycles. The molecule has 1 aliphatic carbocycles. The van der Waals surface area contributed by atoms with Crippen LogP contribution in [0.1, 0.15) is 70.9 Å². The number of hydrogen-bond donors (Lipinski definition) is 1. The molecule has 2 bridgehead atoms. The van der Waals surface area contributed by atoms with Crippen molar-refractivity contribution in [3.05, 3.63) is 69.4 Å². The van der Waals surface area contributed by atoms with Crippen LogP contribution in [0.4, 0.5) is 5.69 Å². The molecule has 3 aromatic rings. The Morgan fingerprint density at radius 3 is 2.20 bits per heavy atom. The van der Waals surface area contributed by atoms with Crippen molar-refractivity contribution < 1.29 is 27.3 Å². The minimum atomic E-state index is -3.64. The molecule has 3 fully saturated rings. The average molecular weight is 605 g/mol. The van der Waals surface area contributed by atoms with E-state index in [0.717, 1.165) is 37.6 Å². The third-order valence-electron chi connectivity index (χ3n) is 7.74. The van der Waals surface area contributed by atoms with E-state index in [-0.39, 0.29) is 29.7 Å². The number of benzene rings is 2. The van der Waals surface area contributed by atoms with Crippen molar-refractivity contribution in [2.45, 2.75) is 62.6 Å². The molecule has 0 spiro atoms. The van der Waals surface area contributed by atoms with Gasteiger partial charge >= 0.3 is 5.97 Å². The number of aromatic nitrogens is 1. The molecule has 0 radical (unpaired) electrons. The highest BCUT2D eigenvalue weighted by Gasteiger charge is 2.44. The van der Waals surface area contributed by atoms with Crippen LogP contribution in [0.2, 0.25) is 10.0 Å². The van der Waals surface area contributed by atoms with E-state index in [2.05, 4.69) is 10.1 Å². The molecule has 40 heavy (non-hydrogen) atoms. The Kier molecular flexibility index (Phi) is 7.04. The third kappa shape index (κ3) is 5.32. The third-order valence-corrected chi connectivity index (χ3v) is 8.93. The largest absolute Gasteiger partial charge is 0.458 e. The Hall–Kier alpha value is -3.08. The van der Waals surface area contributed by atoms with Gasteiger partial charge in [-0.2, -0.15) is 0 Å². The predicted molar refractivity (Wildman–Crippen MR) is 150 cm³/mol. The molecule has 6 rings (SSSR count). The van der Waals surface area contributed by atoms with Gasteiger partial charge in [0.2, 0.25) is 10.0 Å².